The van der Waals surface area contributed by atoms with Crippen LogP contribution in [0.4, 0.5) is 0 Å². The Kier molecular flexibility index (Phi) is 10.8. The van der Waals surface area contributed by atoms with Crippen LogP contribution in [0.25, 0.3) is 0 Å². The number of carboxylic acids is 1. The maximum atomic E-state index is 10.3. The van der Waals surface area contributed by atoms with Crippen LogP contribution in [-0.4, -0.2) is 89.5 Å². The second kappa shape index (κ2) is 7.75. The molecule has 0 saturated carbocycles. The maximum Gasteiger partial charge on any atom is 2.00 e. The Morgan fingerprint density at radius 2 is 2.00 bits per heavy atom. The van der Waals surface area contributed by atoms with Gasteiger partial charge in [0, 0.05) is 0 Å². The molecular weight excluding hydrogens is 236 g/mol. The van der Waals surface area contributed by atoms with Crippen molar-refractivity contribution < 1.29 is 38.3 Å². The van der Waals surface area contributed by atoms with E-state index in [1.54, 1.807) is 13.8 Å². The number of hydrogen-bond acceptors (Lipinski definition) is 4. The van der Waals surface area contributed by atoms with E-state index < -0.39 is 24.0 Å². The predicted octanol–water partition coefficient (Wildman–Crippen LogP) is -2.22. The summed E-state index contributed by atoms with van der Waals surface area (Å²) in [5.74, 6) is -2.08. The third kappa shape index (κ3) is 5.98. The van der Waals surface area contributed by atoms with Gasteiger partial charge in [0.15, 0.2) is 11.9 Å². The van der Waals surface area contributed by atoms with Gasteiger partial charge in [0.2, 0.25) is 0 Å². The van der Waals surface area contributed by atoms with Gasteiger partial charge in [-0.25, -0.2) is 4.79 Å². The van der Waals surface area contributed by atoms with E-state index in [1.807, 2.05) is 0 Å². The van der Waals surface area contributed by atoms with Crippen LogP contribution >= 0.6 is 0 Å². The van der Waals surface area contributed by atoms with Gasteiger partial charge in [-0.1, -0.05) is 0 Å². The van der Waals surface area contributed by atoms with Gasteiger partial charge in [0.1, 0.15) is 6.10 Å². The molecule has 0 unspecified atom stereocenters. The molecule has 1 fully saturated rings. The Balaban J connectivity index is -0.0000000960. The zero-order valence-electron chi connectivity index (χ0n) is 10.7. The minimum atomic E-state index is -1.51. The minimum absolute atomic E-state index is 0. The third-order valence-electron chi connectivity index (χ3n) is 1.64. The normalized spacial score (nSPS) is 24.1. The van der Waals surface area contributed by atoms with Gasteiger partial charge in [-0.05, 0) is 13.8 Å². The van der Waals surface area contributed by atoms with Crippen LogP contribution < -0.4 is 0 Å². The van der Waals surface area contributed by atoms with Gasteiger partial charge >= 0.3 is 43.7 Å². The fourth-order valence-electron chi connectivity index (χ4n) is 1.03. The first-order chi connectivity index (χ1) is 5.42. The molecule has 1 rings (SSSR count). The number of carbonyl (C=O) groups is 1. The van der Waals surface area contributed by atoms with Crippen molar-refractivity contribution in [2.75, 3.05) is 6.61 Å². The Labute approximate surface area is 120 Å². The first kappa shape index (κ1) is 20.9. The molecule has 0 amide bonds. The van der Waals surface area contributed by atoms with Crippen molar-refractivity contribution >= 4 is 43.7 Å². The monoisotopic (exact) mass is 254 g/mol. The Morgan fingerprint density at radius 1 is 1.53 bits per heavy atom. The van der Waals surface area contributed by atoms with E-state index in [2.05, 4.69) is 0 Å². The molecular formula is C7H18CaO7. The molecule has 6 N–H and O–H groups in total. The Morgan fingerprint density at radius 3 is 2.27 bits per heavy atom. The molecule has 1 heterocycles. The Hall–Kier alpha value is 0.530. The van der Waals surface area contributed by atoms with Crippen LogP contribution in [0.3, 0.4) is 0 Å². The fourth-order valence-corrected chi connectivity index (χ4v) is 1.03. The van der Waals surface area contributed by atoms with Gasteiger partial charge in [-0.2, -0.15) is 0 Å². The Bertz CT molecular complexity index is 205. The molecule has 0 bridgehead atoms. The van der Waals surface area contributed by atoms with Crippen molar-refractivity contribution in [2.45, 2.75) is 31.8 Å². The van der Waals surface area contributed by atoms with E-state index in [1.165, 1.54) is 0 Å². The largest absolute Gasteiger partial charge is 2.00 e. The molecule has 2 atom stereocenters. The van der Waals surface area contributed by atoms with Crippen molar-refractivity contribution in [1.82, 2.24) is 0 Å². The van der Waals surface area contributed by atoms with E-state index in [-0.39, 0.29) is 58.2 Å². The van der Waals surface area contributed by atoms with Crippen LogP contribution in [0, 0.1) is 0 Å². The predicted molar refractivity (Wildman–Crippen MR) is 53.8 cm³/mol. The van der Waals surface area contributed by atoms with E-state index in [0.717, 1.165) is 0 Å². The molecule has 1 aliphatic heterocycles. The summed E-state index contributed by atoms with van der Waals surface area (Å²) in [5.41, 5.74) is 0. The quantitative estimate of drug-likeness (QED) is 0.537. The summed E-state index contributed by atoms with van der Waals surface area (Å²) in [6.45, 7) is 3.45. The molecule has 0 aromatic heterocycles. The van der Waals surface area contributed by atoms with Crippen LogP contribution in [0.2, 0.25) is 0 Å². The van der Waals surface area contributed by atoms with Crippen molar-refractivity contribution in [3.63, 3.8) is 0 Å². The van der Waals surface area contributed by atoms with Crippen molar-refractivity contribution in [3.05, 3.63) is 0 Å². The minimum Gasteiger partial charge on any atom is -1.00 e. The smallest absolute Gasteiger partial charge is 1.00 e. The van der Waals surface area contributed by atoms with Crippen LogP contribution in [-0.2, 0) is 14.3 Å². The second-order valence-corrected chi connectivity index (χ2v) is 3.15. The first-order valence-corrected chi connectivity index (χ1v) is 3.65. The number of ether oxygens (including phenoxy) is 2. The van der Waals surface area contributed by atoms with Crippen LogP contribution in [0.1, 0.15) is 16.7 Å². The summed E-state index contributed by atoms with van der Waals surface area (Å²) in [7, 11) is 0. The zero-order chi connectivity index (χ0) is 9.35. The average molecular weight is 254 g/mol. The topological polar surface area (TPSA) is 139 Å². The van der Waals surface area contributed by atoms with Gasteiger partial charge < -0.3 is 33.5 Å². The van der Waals surface area contributed by atoms with E-state index in [9.17, 15) is 4.79 Å². The van der Waals surface area contributed by atoms with Crippen LogP contribution in [0.15, 0.2) is 0 Å². The summed E-state index contributed by atoms with van der Waals surface area (Å²) in [4.78, 5) is 10.3. The zero-order valence-corrected chi connectivity index (χ0v) is 10.9. The first-order valence-electron chi connectivity index (χ1n) is 3.65. The number of aliphatic carboxylic acids is 1. The molecule has 8 heteroatoms. The number of aliphatic hydroxyl groups is 1. The summed E-state index contributed by atoms with van der Waals surface area (Å²) in [6.07, 6.45) is -2.27. The van der Waals surface area contributed by atoms with Gasteiger partial charge in [-0.15, -0.1) is 0 Å². The second-order valence-electron chi connectivity index (χ2n) is 3.15. The number of carboxylic acid groups (broad SMARTS) is 1. The number of aliphatic hydroxyl groups excluding tert-OH is 1. The molecule has 7 nitrogen and oxygen atoms in total. The molecule has 0 spiro atoms. The van der Waals surface area contributed by atoms with Gasteiger partial charge in [0.05, 0.1) is 6.61 Å². The molecule has 0 radical (unpaired) electrons. The molecule has 90 valence electrons. The SMILES string of the molecule is CC1(C)OC[C@@H]([C@@H](O)C(=O)O)O1.O.O.[Ca+2].[H-].[H-]. The molecule has 15 heavy (non-hydrogen) atoms. The molecule has 0 aromatic carbocycles. The molecule has 1 aliphatic rings. The van der Waals surface area contributed by atoms with Crippen molar-refractivity contribution in [3.8, 4) is 0 Å². The third-order valence-corrected chi connectivity index (χ3v) is 1.64. The summed E-state index contributed by atoms with van der Waals surface area (Å²) >= 11 is 0. The summed E-state index contributed by atoms with van der Waals surface area (Å²) in [5, 5.41) is 17.5. The van der Waals surface area contributed by atoms with Crippen molar-refractivity contribution in [1.29, 1.82) is 0 Å². The van der Waals surface area contributed by atoms with Gasteiger partial charge in [-0.3, -0.25) is 0 Å². The fraction of sp³-hybridized carbons (Fsp3) is 0.857. The molecule has 0 aliphatic carbocycles. The molecule has 1 saturated heterocycles. The van der Waals surface area contributed by atoms with Gasteiger partial charge in [0.25, 0.3) is 0 Å². The van der Waals surface area contributed by atoms with E-state index >= 15 is 0 Å². The maximum absolute atomic E-state index is 10.3. The standard InChI is InChI=1S/C7H12O5.Ca.2H2O.2H/c1-7(2)11-3-4(12-7)5(8)6(9)10;;;;;/h4-5,8H,3H2,1-2H3,(H,9,10);;2*1H2;;/q;+2;;;2*-1/t4-,5+;;;;;/m0...../s1. The summed E-state index contributed by atoms with van der Waals surface area (Å²) in [6, 6.07) is 0. The van der Waals surface area contributed by atoms with E-state index in [4.69, 9.17) is 19.7 Å². The number of hydrogen-bond donors (Lipinski definition) is 2. The van der Waals surface area contributed by atoms with E-state index in [0.29, 0.717) is 0 Å². The number of rotatable bonds is 2. The average Bonchev–Trinajstić information content (AvgIpc) is 2.28. The molecule has 0 aromatic rings. The summed E-state index contributed by atoms with van der Waals surface area (Å²) < 4.78 is 10.2. The van der Waals surface area contributed by atoms with Crippen molar-refractivity contribution in [2.24, 2.45) is 0 Å². The van der Waals surface area contributed by atoms with Crippen LogP contribution in [0.5, 0.6) is 0 Å².